The van der Waals surface area contributed by atoms with Gasteiger partial charge in [-0.3, -0.25) is 0 Å². The van der Waals surface area contributed by atoms with Gasteiger partial charge in [-0.25, -0.2) is 0 Å². The predicted molar refractivity (Wildman–Crippen MR) is 60.0 cm³/mol. The zero-order valence-corrected chi connectivity index (χ0v) is 9.71. The lowest BCUT2D eigenvalue weighted by atomic mass is 9.93. The average Bonchev–Trinajstić information content (AvgIpc) is 2.31. The molecule has 0 spiro atoms. The zero-order valence-electron chi connectivity index (χ0n) is 9.71. The fourth-order valence-corrected chi connectivity index (χ4v) is 2.71. The molecule has 0 aromatic carbocycles. The zero-order chi connectivity index (χ0) is 10.5. The van der Waals surface area contributed by atoms with Crippen LogP contribution in [0, 0.1) is 0 Å². The van der Waals surface area contributed by atoms with E-state index in [1.807, 2.05) is 0 Å². The maximum atomic E-state index is 5.46. The smallest absolute Gasteiger partial charge is 0.0958 e. The van der Waals surface area contributed by atoms with Crippen molar-refractivity contribution in [2.45, 2.75) is 56.7 Å². The van der Waals surface area contributed by atoms with Crippen LogP contribution in [0.4, 0.5) is 0 Å². The molecule has 1 aliphatic heterocycles. The molecule has 0 aromatic heterocycles. The lowest BCUT2D eigenvalue weighted by Gasteiger charge is -2.35. The van der Waals surface area contributed by atoms with Gasteiger partial charge in [-0.1, -0.05) is 19.3 Å². The van der Waals surface area contributed by atoms with Crippen molar-refractivity contribution in [3.05, 3.63) is 0 Å². The Hall–Kier alpha value is -0.120. The van der Waals surface area contributed by atoms with Crippen molar-refractivity contribution in [2.75, 3.05) is 20.3 Å². The van der Waals surface area contributed by atoms with Crippen molar-refractivity contribution < 1.29 is 9.47 Å². The lowest BCUT2D eigenvalue weighted by Crippen LogP contribution is -2.51. The maximum absolute atomic E-state index is 5.46. The van der Waals surface area contributed by atoms with Crippen LogP contribution in [0.15, 0.2) is 0 Å². The Morgan fingerprint density at radius 2 is 1.93 bits per heavy atom. The molecule has 0 aromatic rings. The van der Waals surface area contributed by atoms with Gasteiger partial charge in [-0.15, -0.1) is 0 Å². The summed E-state index contributed by atoms with van der Waals surface area (Å²) in [6, 6.07) is 1.23. The molecule has 0 radical (unpaired) electrons. The van der Waals surface area contributed by atoms with Crippen molar-refractivity contribution in [1.82, 2.24) is 5.32 Å². The van der Waals surface area contributed by atoms with Crippen LogP contribution in [-0.4, -0.2) is 38.5 Å². The van der Waals surface area contributed by atoms with Gasteiger partial charge in [0, 0.05) is 25.8 Å². The van der Waals surface area contributed by atoms with Gasteiger partial charge < -0.3 is 14.8 Å². The van der Waals surface area contributed by atoms with Crippen molar-refractivity contribution in [3.8, 4) is 0 Å². The molecule has 1 saturated carbocycles. The van der Waals surface area contributed by atoms with E-state index in [2.05, 4.69) is 5.32 Å². The summed E-state index contributed by atoms with van der Waals surface area (Å²) < 4.78 is 10.9. The first kappa shape index (κ1) is 11.4. The van der Waals surface area contributed by atoms with Crippen LogP contribution in [0.25, 0.3) is 0 Å². The van der Waals surface area contributed by atoms with E-state index in [0.29, 0.717) is 6.04 Å². The number of hydrogen-bond acceptors (Lipinski definition) is 3. The number of nitrogens with one attached hydrogen (secondary N) is 1. The van der Waals surface area contributed by atoms with E-state index in [-0.39, 0.29) is 6.10 Å². The van der Waals surface area contributed by atoms with Gasteiger partial charge in [0.15, 0.2) is 0 Å². The van der Waals surface area contributed by atoms with E-state index < -0.39 is 0 Å². The third kappa shape index (κ3) is 3.16. The van der Waals surface area contributed by atoms with Gasteiger partial charge >= 0.3 is 0 Å². The topological polar surface area (TPSA) is 30.5 Å². The molecule has 1 heterocycles. The highest BCUT2D eigenvalue weighted by atomic mass is 16.5. The summed E-state index contributed by atoms with van der Waals surface area (Å²) in [5.74, 6) is 0. The summed E-state index contributed by atoms with van der Waals surface area (Å²) in [6.07, 6.45) is 8.22. The molecule has 1 saturated heterocycles. The molecule has 3 heteroatoms. The highest BCUT2D eigenvalue weighted by Crippen LogP contribution is 2.20. The molecule has 2 rings (SSSR count). The largest absolute Gasteiger partial charge is 0.379 e. The predicted octanol–water partition coefficient (Wildman–Crippen LogP) is 1.71. The van der Waals surface area contributed by atoms with Crippen molar-refractivity contribution in [3.63, 3.8) is 0 Å². The minimum Gasteiger partial charge on any atom is -0.379 e. The first-order valence-corrected chi connectivity index (χ1v) is 6.26. The Bertz CT molecular complexity index is 180. The van der Waals surface area contributed by atoms with Crippen molar-refractivity contribution in [1.29, 1.82) is 0 Å². The van der Waals surface area contributed by atoms with Crippen LogP contribution in [0.1, 0.15) is 38.5 Å². The molecule has 0 bridgehead atoms. The third-order valence-corrected chi connectivity index (χ3v) is 3.66. The first-order valence-electron chi connectivity index (χ1n) is 6.26. The van der Waals surface area contributed by atoms with Gasteiger partial charge in [-0.05, 0) is 19.3 Å². The highest BCUT2D eigenvalue weighted by Gasteiger charge is 2.27. The molecular weight excluding hydrogens is 190 g/mol. The second kappa shape index (κ2) is 5.83. The Morgan fingerprint density at radius 1 is 1.13 bits per heavy atom. The van der Waals surface area contributed by atoms with Gasteiger partial charge in [0.05, 0.1) is 12.7 Å². The van der Waals surface area contributed by atoms with Crippen LogP contribution < -0.4 is 5.32 Å². The van der Waals surface area contributed by atoms with Crippen molar-refractivity contribution in [2.24, 2.45) is 0 Å². The molecular formula is C12H23NO2. The quantitative estimate of drug-likeness (QED) is 0.774. The van der Waals surface area contributed by atoms with E-state index in [4.69, 9.17) is 9.47 Å². The monoisotopic (exact) mass is 213 g/mol. The lowest BCUT2D eigenvalue weighted by molar-refractivity contribution is -0.0529. The fraction of sp³-hybridized carbons (Fsp3) is 1.00. The van der Waals surface area contributed by atoms with Crippen LogP contribution >= 0.6 is 0 Å². The first-order chi connectivity index (χ1) is 7.40. The summed E-state index contributed by atoms with van der Waals surface area (Å²) in [4.78, 5) is 0. The van der Waals surface area contributed by atoms with Gasteiger partial charge in [0.25, 0.3) is 0 Å². The summed E-state index contributed by atoms with van der Waals surface area (Å²) >= 11 is 0. The average molecular weight is 213 g/mol. The van der Waals surface area contributed by atoms with E-state index in [9.17, 15) is 0 Å². The van der Waals surface area contributed by atoms with Crippen molar-refractivity contribution >= 4 is 0 Å². The van der Waals surface area contributed by atoms with E-state index in [0.717, 1.165) is 25.7 Å². The number of rotatable bonds is 3. The van der Waals surface area contributed by atoms with E-state index >= 15 is 0 Å². The molecule has 1 aliphatic carbocycles. The van der Waals surface area contributed by atoms with E-state index in [1.54, 1.807) is 7.11 Å². The molecule has 15 heavy (non-hydrogen) atoms. The van der Waals surface area contributed by atoms with Gasteiger partial charge in [0.1, 0.15) is 0 Å². The number of methoxy groups -OCH3 is 1. The van der Waals surface area contributed by atoms with Gasteiger partial charge in [-0.2, -0.15) is 0 Å². The fourth-order valence-electron chi connectivity index (χ4n) is 2.71. The third-order valence-electron chi connectivity index (χ3n) is 3.66. The minimum absolute atomic E-state index is 0.251. The minimum atomic E-state index is 0.251. The second-order valence-electron chi connectivity index (χ2n) is 4.75. The van der Waals surface area contributed by atoms with Crippen LogP contribution in [0.5, 0.6) is 0 Å². The Labute approximate surface area is 92.5 Å². The number of ether oxygens (including phenoxy) is 2. The standard InChI is InChI=1S/C12H23NO2/c1-14-12-9-15-8-7-11(12)13-10-5-3-2-4-6-10/h10-13H,2-9H2,1H3/t11-,12+/m1/s1. The molecule has 2 fully saturated rings. The highest BCUT2D eigenvalue weighted by molar-refractivity contribution is 4.84. The van der Waals surface area contributed by atoms with Crippen LogP contribution in [0.3, 0.4) is 0 Å². The molecule has 3 nitrogen and oxygen atoms in total. The normalized spacial score (nSPS) is 34.2. The van der Waals surface area contributed by atoms with Gasteiger partial charge in [0.2, 0.25) is 0 Å². The second-order valence-corrected chi connectivity index (χ2v) is 4.75. The summed E-state index contributed by atoms with van der Waals surface area (Å²) in [6.45, 7) is 1.63. The molecule has 2 aliphatic rings. The Balaban J connectivity index is 1.79. The SMILES string of the molecule is CO[C@H]1COCC[C@H]1NC1CCCCC1. The molecule has 1 N–H and O–H groups in total. The summed E-state index contributed by atoms with van der Waals surface area (Å²) in [5, 5.41) is 3.75. The summed E-state index contributed by atoms with van der Waals surface area (Å²) in [5.41, 5.74) is 0. The molecule has 0 amide bonds. The Morgan fingerprint density at radius 3 is 2.67 bits per heavy atom. The Kier molecular flexibility index (Phi) is 4.42. The summed E-state index contributed by atoms with van der Waals surface area (Å²) in [7, 11) is 1.79. The number of hydrogen-bond donors (Lipinski definition) is 1. The molecule has 0 unspecified atom stereocenters. The van der Waals surface area contributed by atoms with Crippen LogP contribution in [-0.2, 0) is 9.47 Å². The maximum Gasteiger partial charge on any atom is 0.0958 e. The van der Waals surface area contributed by atoms with E-state index in [1.165, 1.54) is 32.1 Å². The molecule has 88 valence electrons. The molecule has 2 atom stereocenters. The van der Waals surface area contributed by atoms with Crippen LogP contribution in [0.2, 0.25) is 0 Å².